The van der Waals surface area contributed by atoms with Gasteiger partial charge in [0.2, 0.25) is 0 Å². The maximum atomic E-state index is 13.3. The van der Waals surface area contributed by atoms with Crippen LogP contribution in [0.25, 0.3) is 10.9 Å². The Bertz CT molecular complexity index is 1120. The number of H-pyrrole nitrogens is 1. The minimum absolute atomic E-state index is 0.0913. The molecule has 0 spiro atoms. The first-order chi connectivity index (χ1) is 14.1. The molecule has 2 aliphatic heterocycles. The first kappa shape index (κ1) is 18.3. The molecule has 0 unspecified atom stereocenters. The second-order valence-electron chi connectivity index (χ2n) is 7.77. The van der Waals surface area contributed by atoms with Crippen LogP contribution < -0.4 is 0 Å². The summed E-state index contributed by atoms with van der Waals surface area (Å²) in [6, 6.07) is 14.6. The Morgan fingerprint density at radius 3 is 2.76 bits per heavy atom. The molecule has 0 aliphatic carbocycles. The summed E-state index contributed by atoms with van der Waals surface area (Å²) >= 11 is 6.28. The molecule has 6 heteroatoms. The molecular weight excluding hydrogens is 386 g/mol. The number of amides is 3. The van der Waals surface area contributed by atoms with Gasteiger partial charge in [0.1, 0.15) is 12.1 Å². The number of fused-ring (bicyclic) bond motifs is 4. The first-order valence-corrected chi connectivity index (χ1v) is 10.5. The van der Waals surface area contributed by atoms with Crippen LogP contribution in [0.4, 0.5) is 4.79 Å². The molecular formula is C23H22ClN3O2. The van der Waals surface area contributed by atoms with Crippen LogP contribution in [-0.2, 0) is 11.2 Å². The van der Waals surface area contributed by atoms with Crippen LogP contribution in [0, 0.1) is 0 Å². The van der Waals surface area contributed by atoms with Gasteiger partial charge in [0.05, 0.1) is 0 Å². The summed E-state index contributed by atoms with van der Waals surface area (Å²) in [4.78, 5) is 33.2. The van der Waals surface area contributed by atoms with E-state index in [0.717, 1.165) is 40.6 Å². The highest BCUT2D eigenvalue weighted by Crippen LogP contribution is 2.44. The molecule has 2 atom stereocenters. The van der Waals surface area contributed by atoms with E-state index in [1.54, 1.807) is 4.90 Å². The standard InChI is InChI=1S/C23H22ClN3O2/c1-2-3-11-26-22(28)19-13-17-16-9-4-5-10-18(16)25-20(17)21(27(19)23(26)29)14-7-6-8-15(24)12-14/h4-10,12,19,21,25H,2-3,11,13H2,1H3/t19-,21-/m0/s1. The number of rotatable bonds is 4. The number of benzene rings is 2. The number of carbonyl (C=O) groups excluding carboxylic acids is 2. The Kier molecular flexibility index (Phi) is 4.36. The van der Waals surface area contributed by atoms with E-state index in [0.29, 0.717) is 18.0 Å². The lowest BCUT2D eigenvalue weighted by Crippen LogP contribution is -2.44. The van der Waals surface area contributed by atoms with Crippen molar-refractivity contribution in [1.29, 1.82) is 0 Å². The number of para-hydroxylation sites is 1. The number of hydrogen-bond acceptors (Lipinski definition) is 2. The number of aromatic nitrogens is 1. The summed E-state index contributed by atoms with van der Waals surface area (Å²) in [7, 11) is 0. The van der Waals surface area contributed by atoms with E-state index in [1.165, 1.54) is 4.90 Å². The van der Waals surface area contributed by atoms with Gasteiger partial charge in [-0.25, -0.2) is 4.79 Å². The molecule has 1 N–H and O–H groups in total. The molecule has 148 valence electrons. The monoisotopic (exact) mass is 407 g/mol. The van der Waals surface area contributed by atoms with Gasteiger partial charge in [-0.15, -0.1) is 0 Å². The maximum Gasteiger partial charge on any atom is 0.328 e. The van der Waals surface area contributed by atoms with Crippen molar-refractivity contribution in [3.63, 3.8) is 0 Å². The zero-order valence-electron chi connectivity index (χ0n) is 16.2. The highest BCUT2D eigenvalue weighted by molar-refractivity contribution is 6.30. The molecule has 2 aliphatic rings. The smallest absolute Gasteiger partial charge is 0.328 e. The average Bonchev–Trinajstić information content (AvgIpc) is 3.20. The van der Waals surface area contributed by atoms with Crippen molar-refractivity contribution in [2.24, 2.45) is 0 Å². The van der Waals surface area contributed by atoms with Gasteiger partial charge in [-0.05, 0) is 35.7 Å². The van der Waals surface area contributed by atoms with Gasteiger partial charge in [0.25, 0.3) is 5.91 Å². The molecule has 3 heterocycles. The molecule has 5 nitrogen and oxygen atoms in total. The minimum atomic E-state index is -0.477. The Balaban J connectivity index is 1.69. The van der Waals surface area contributed by atoms with E-state index in [-0.39, 0.29) is 18.0 Å². The highest BCUT2D eigenvalue weighted by atomic mass is 35.5. The van der Waals surface area contributed by atoms with E-state index in [2.05, 4.69) is 18.0 Å². The predicted octanol–water partition coefficient (Wildman–Crippen LogP) is 4.90. The van der Waals surface area contributed by atoms with Crippen LogP contribution in [0.1, 0.15) is 42.6 Å². The number of imide groups is 1. The molecule has 3 amide bonds. The molecule has 29 heavy (non-hydrogen) atoms. The van der Waals surface area contributed by atoms with Gasteiger partial charge in [-0.1, -0.05) is 55.3 Å². The minimum Gasteiger partial charge on any atom is -0.356 e. The van der Waals surface area contributed by atoms with E-state index < -0.39 is 6.04 Å². The van der Waals surface area contributed by atoms with E-state index in [9.17, 15) is 9.59 Å². The molecule has 3 aromatic rings. The summed E-state index contributed by atoms with van der Waals surface area (Å²) in [6.45, 7) is 2.53. The first-order valence-electron chi connectivity index (χ1n) is 10.1. The zero-order chi connectivity index (χ0) is 20.1. The number of nitrogens with zero attached hydrogens (tertiary/aromatic N) is 2. The number of unbranched alkanes of at least 4 members (excludes halogenated alkanes) is 1. The number of urea groups is 1. The number of hydrogen-bond donors (Lipinski definition) is 1. The molecule has 1 aromatic heterocycles. The topological polar surface area (TPSA) is 56.4 Å². The fraction of sp³-hybridized carbons (Fsp3) is 0.304. The van der Waals surface area contributed by atoms with Gasteiger partial charge in [0.15, 0.2) is 0 Å². The van der Waals surface area contributed by atoms with Crippen molar-refractivity contribution in [3.05, 3.63) is 70.4 Å². The van der Waals surface area contributed by atoms with Crippen LogP contribution >= 0.6 is 11.6 Å². The fourth-order valence-electron chi connectivity index (χ4n) is 4.67. The van der Waals surface area contributed by atoms with Crippen LogP contribution in [0.3, 0.4) is 0 Å². The molecule has 1 fully saturated rings. The molecule has 5 rings (SSSR count). The maximum absolute atomic E-state index is 13.3. The number of carbonyl (C=O) groups is 2. The van der Waals surface area contributed by atoms with Gasteiger partial charge < -0.3 is 4.98 Å². The molecule has 0 saturated carbocycles. The largest absolute Gasteiger partial charge is 0.356 e. The summed E-state index contributed by atoms with van der Waals surface area (Å²) in [5, 5.41) is 1.73. The third-order valence-electron chi connectivity index (χ3n) is 6.03. The fourth-order valence-corrected chi connectivity index (χ4v) is 4.87. The Labute approximate surface area is 174 Å². The van der Waals surface area contributed by atoms with Gasteiger partial charge in [-0.2, -0.15) is 0 Å². The quantitative estimate of drug-likeness (QED) is 0.625. The van der Waals surface area contributed by atoms with Crippen molar-refractivity contribution in [2.75, 3.05) is 6.54 Å². The summed E-state index contributed by atoms with van der Waals surface area (Å²) in [5.74, 6) is -0.0913. The Morgan fingerprint density at radius 2 is 1.97 bits per heavy atom. The van der Waals surface area contributed by atoms with Crippen molar-refractivity contribution < 1.29 is 9.59 Å². The van der Waals surface area contributed by atoms with Crippen LogP contribution in [0.5, 0.6) is 0 Å². The summed E-state index contributed by atoms with van der Waals surface area (Å²) in [6.07, 6.45) is 2.28. The zero-order valence-corrected chi connectivity index (χ0v) is 16.9. The van der Waals surface area contributed by atoms with Crippen LogP contribution in [-0.4, -0.2) is 39.3 Å². The predicted molar refractivity (Wildman–Crippen MR) is 113 cm³/mol. The number of aromatic amines is 1. The van der Waals surface area contributed by atoms with Gasteiger partial charge >= 0.3 is 6.03 Å². The normalized spacial score (nSPS) is 21.0. The van der Waals surface area contributed by atoms with Crippen molar-refractivity contribution in [1.82, 2.24) is 14.8 Å². The average molecular weight is 408 g/mol. The SMILES string of the molecule is CCCCN1C(=O)[C@@H]2Cc3c([nH]c4ccccc34)[C@H](c3cccc(Cl)c3)N2C1=O. The highest BCUT2D eigenvalue weighted by Gasteiger charge is 2.52. The van der Waals surface area contributed by atoms with Gasteiger partial charge in [0, 0.05) is 34.6 Å². The second-order valence-corrected chi connectivity index (χ2v) is 8.21. The lowest BCUT2D eigenvalue weighted by molar-refractivity contribution is -0.128. The summed E-state index contributed by atoms with van der Waals surface area (Å²) < 4.78 is 0. The van der Waals surface area contributed by atoms with Crippen molar-refractivity contribution in [3.8, 4) is 0 Å². The molecule has 2 aromatic carbocycles. The lowest BCUT2D eigenvalue weighted by Gasteiger charge is -2.36. The lowest BCUT2D eigenvalue weighted by atomic mass is 9.89. The number of nitrogens with one attached hydrogen (secondary N) is 1. The molecule has 0 radical (unpaired) electrons. The molecule has 1 saturated heterocycles. The van der Waals surface area contributed by atoms with Crippen molar-refractivity contribution >= 4 is 34.4 Å². The number of halogens is 1. The second kappa shape index (κ2) is 6.92. The van der Waals surface area contributed by atoms with E-state index >= 15 is 0 Å². The van der Waals surface area contributed by atoms with Crippen LogP contribution in [0.15, 0.2) is 48.5 Å². The van der Waals surface area contributed by atoms with E-state index in [1.807, 2.05) is 42.5 Å². The Morgan fingerprint density at radius 1 is 1.14 bits per heavy atom. The van der Waals surface area contributed by atoms with Gasteiger partial charge in [-0.3, -0.25) is 14.6 Å². The summed E-state index contributed by atoms with van der Waals surface area (Å²) in [5.41, 5.74) is 4.02. The third kappa shape index (κ3) is 2.76. The molecule has 0 bridgehead atoms. The Hall–Kier alpha value is -2.79. The van der Waals surface area contributed by atoms with E-state index in [4.69, 9.17) is 11.6 Å². The van der Waals surface area contributed by atoms with Crippen LogP contribution in [0.2, 0.25) is 5.02 Å². The van der Waals surface area contributed by atoms with Crippen molar-refractivity contribution in [2.45, 2.75) is 38.3 Å². The third-order valence-corrected chi connectivity index (χ3v) is 6.27.